The van der Waals surface area contributed by atoms with Crippen LogP contribution in [-0.2, 0) is 32.7 Å². The van der Waals surface area contributed by atoms with E-state index in [9.17, 15) is 0 Å². The molecule has 52 heavy (non-hydrogen) atoms. The number of hydrogen-bond donors (Lipinski definition) is 0. The summed E-state index contributed by atoms with van der Waals surface area (Å²) in [5.41, 5.74) is 11.6. The monoisotopic (exact) mass is 720 g/mol. The van der Waals surface area contributed by atoms with Crippen molar-refractivity contribution in [1.29, 1.82) is 5.26 Å². The van der Waals surface area contributed by atoms with Gasteiger partial charge in [0.25, 0.3) is 8.53 Å². The summed E-state index contributed by atoms with van der Waals surface area (Å²) < 4.78 is 14.7. The van der Waals surface area contributed by atoms with E-state index in [4.69, 9.17) is 14.3 Å². The van der Waals surface area contributed by atoms with Crippen LogP contribution in [0.2, 0.25) is 0 Å². The molecule has 4 aliphatic heterocycles. The van der Waals surface area contributed by atoms with Crippen LogP contribution in [-0.4, -0.2) is 43.1 Å². The van der Waals surface area contributed by atoms with Crippen LogP contribution in [0.5, 0.6) is 0 Å². The van der Waals surface area contributed by atoms with Crippen molar-refractivity contribution in [3.8, 4) is 6.07 Å². The van der Waals surface area contributed by atoms with Crippen molar-refractivity contribution in [2.75, 3.05) is 36.1 Å². The van der Waals surface area contributed by atoms with Crippen LogP contribution in [0.25, 0.3) is 0 Å². The third-order valence-electron chi connectivity index (χ3n) is 11.6. The molecule has 0 bridgehead atoms. The lowest BCUT2D eigenvalue weighted by molar-refractivity contribution is 0.174. The molecule has 7 heteroatoms. The fraction of sp³-hybridized carbons (Fsp3) is 0.533. The highest BCUT2D eigenvalue weighted by Gasteiger charge is 2.42. The molecule has 6 rings (SSSR count). The Kier molecular flexibility index (Phi) is 12.5. The molecule has 0 radical (unpaired) electrons. The number of anilines is 2. The Morgan fingerprint density at radius 1 is 0.846 bits per heavy atom. The van der Waals surface area contributed by atoms with Gasteiger partial charge in [0, 0.05) is 59.3 Å². The highest BCUT2D eigenvalue weighted by molar-refractivity contribution is 7.44. The number of nitriles is 1. The number of nitrogens with zero attached hydrogens (tertiary/aromatic N) is 4. The van der Waals surface area contributed by atoms with Crippen LogP contribution in [0.3, 0.4) is 0 Å². The number of allylic oxidation sites excluding steroid dienone is 7. The van der Waals surface area contributed by atoms with Crippen molar-refractivity contribution in [2.45, 2.75) is 129 Å². The summed E-state index contributed by atoms with van der Waals surface area (Å²) in [6.45, 7) is 19.2. The fourth-order valence-electron chi connectivity index (χ4n) is 8.96. The van der Waals surface area contributed by atoms with Crippen molar-refractivity contribution in [3.63, 3.8) is 0 Å². The largest absolute Gasteiger partial charge is 0.347 e. The summed E-state index contributed by atoms with van der Waals surface area (Å²) in [5.74, 6) is 0. The summed E-state index contributed by atoms with van der Waals surface area (Å²) in [6, 6.07) is 16.7. The van der Waals surface area contributed by atoms with E-state index in [1.54, 1.807) is 0 Å². The van der Waals surface area contributed by atoms with E-state index in [1.165, 1.54) is 64.2 Å². The van der Waals surface area contributed by atoms with Gasteiger partial charge in [-0.1, -0.05) is 101 Å². The third kappa shape index (κ3) is 7.85. The van der Waals surface area contributed by atoms with Crippen LogP contribution in [0.1, 0.15) is 116 Å². The molecule has 4 heterocycles. The first kappa shape index (κ1) is 38.5. The van der Waals surface area contributed by atoms with Crippen molar-refractivity contribution in [3.05, 3.63) is 107 Å². The molecule has 0 aliphatic carbocycles. The summed E-state index contributed by atoms with van der Waals surface area (Å²) in [4.78, 5) is 5.07. The van der Waals surface area contributed by atoms with E-state index in [0.717, 1.165) is 45.2 Å². The predicted octanol–water partition coefficient (Wildman–Crippen LogP) is 11.2. The van der Waals surface area contributed by atoms with E-state index >= 15 is 0 Å². The molecule has 6 nitrogen and oxygen atoms in total. The number of benzene rings is 2. The van der Waals surface area contributed by atoms with Gasteiger partial charge in [-0.05, 0) is 93.7 Å². The first-order valence-corrected chi connectivity index (χ1v) is 21.0. The summed E-state index contributed by atoms with van der Waals surface area (Å²) in [6.07, 6.45) is 23.4. The predicted molar refractivity (Wildman–Crippen MR) is 219 cm³/mol. The fourth-order valence-corrected chi connectivity index (χ4v) is 10.6. The molecule has 2 atom stereocenters. The molecule has 2 unspecified atom stereocenters. The maximum Gasteiger partial charge on any atom is 0.259 e. The SMILES string of the molecule is CC(C)N(C(C)C)P(OCCC#N)OCCCCCCC1(C)C(C=CC=CC=C2N3CCCc4cccc(c43)C2(C)C)=CN2CCc3cccc1c32. The normalized spacial score (nSPS) is 21.6. The van der Waals surface area contributed by atoms with E-state index in [2.05, 4.69) is 142 Å². The zero-order valence-electron chi connectivity index (χ0n) is 32.8. The Morgan fingerprint density at radius 3 is 2.31 bits per heavy atom. The molecule has 278 valence electrons. The van der Waals surface area contributed by atoms with Gasteiger partial charge in [0.05, 0.1) is 25.7 Å². The van der Waals surface area contributed by atoms with Gasteiger partial charge in [0.15, 0.2) is 0 Å². The average Bonchev–Trinajstić information content (AvgIpc) is 3.63. The third-order valence-corrected chi connectivity index (χ3v) is 13.7. The molecule has 0 amide bonds. The molecule has 0 spiro atoms. The highest BCUT2D eigenvalue weighted by Crippen LogP contribution is 2.52. The second kappa shape index (κ2) is 16.9. The maximum atomic E-state index is 9.02. The molecular weight excluding hydrogens is 659 g/mol. The minimum absolute atomic E-state index is 0.00836. The number of aryl methyl sites for hydroxylation is 1. The zero-order valence-corrected chi connectivity index (χ0v) is 33.7. The van der Waals surface area contributed by atoms with E-state index in [0.29, 0.717) is 31.7 Å². The molecule has 0 fully saturated rings. The van der Waals surface area contributed by atoms with E-state index in [1.807, 2.05) is 0 Å². The van der Waals surface area contributed by atoms with Crippen molar-refractivity contribution >= 4 is 19.9 Å². The molecule has 0 N–H and O–H groups in total. The Morgan fingerprint density at radius 2 is 1.56 bits per heavy atom. The lowest BCUT2D eigenvalue weighted by atomic mass is 9.69. The summed E-state index contributed by atoms with van der Waals surface area (Å²) in [5, 5.41) is 9.02. The smallest absolute Gasteiger partial charge is 0.259 e. The molecule has 4 aliphatic rings. The minimum atomic E-state index is -1.17. The Balaban J connectivity index is 1.09. The average molecular weight is 721 g/mol. The van der Waals surface area contributed by atoms with Gasteiger partial charge < -0.3 is 18.8 Å². The number of rotatable bonds is 17. The van der Waals surface area contributed by atoms with Crippen LogP contribution in [0, 0.1) is 11.3 Å². The van der Waals surface area contributed by atoms with Gasteiger partial charge in [-0.3, -0.25) is 0 Å². The Hall–Kier alpha value is -3.20. The van der Waals surface area contributed by atoms with Gasteiger partial charge in [-0.2, -0.15) is 5.26 Å². The Bertz CT molecular complexity index is 1720. The van der Waals surface area contributed by atoms with Gasteiger partial charge in [-0.25, -0.2) is 4.67 Å². The molecule has 2 aromatic carbocycles. The van der Waals surface area contributed by atoms with Gasteiger partial charge in [-0.15, -0.1) is 0 Å². The molecular formula is C45H61N4O2P. The van der Waals surface area contributed by atoms with Crippen LogP contribution in [0.4, 0.5) is 11.4 Å². The Labute approximate surface area is 315 Å². The van der Waals surface area contributed by atoms with Crippen LogP contribution < -0.4 is 9.80 Å². The van der Waals surface area contributed by atoms with Crippen LogP contribution in [0.15, 0.2) is 84.2 Å². The number of hydrogen-bond acceptors (Lipinski definition) is 6. The number of unbranched alkanes of at least 4 members (excludes halogenated alkanes) is 3. The summed E-state index contributed by atoms with van der Waals surface area (Å²) >= 11 is 0. The molecule has 2 aromatic rings. The van der Waals surface area contributed by atoms with Gasteiger partial charge >= 0.3 is 0 Å². The van der Waals surface area contributed by atoms with E-state index < -0.39 is 8.53 Å². The first-order valence-electron chi connectivity index (χ1n) is 19.9. The van der Waals surface area contributed by atoms with Gasteiger partial charge in [0.2, 0.25) is 0 Å². The second-order valence-corrected chi connectivity index (χ2v) is 17.7. The zero-order chi connectivity index (χ0) is 36.9. The van der Waals surface area contributed by atoms with Crippen LogP contribution >= 0.6 is 8.53 Å². The second-order valence-electron chi connectivity index (χ2n) is 16.2. The molecule has 0 saturated carbocycles. The molecule has 0 aromatic heterocycles. The quantitative estimate of drug-likeness (QED) is 0.0921. The molecule has 0 saturated heterocycles. The highest BCUT2D eigenvalue weighted by atomic mass is 31.2. The minimum Gasteiger partial charge on any atom is -0.347 e. The van der Waals surface area contributed by atoms with Crippen molar-refractivity contribution in [1.82, 2.24) is 4.67 Å². The van der Waals surface area contributed by atoms with Crippen molar-refractivity contribution < 1.29 is 9.05 Å². The standard InChI is InChI=1S/C45H61N4O2P/c1-34(2)49(35(3)4)52(51-32-18-28-46)50-31-14-9-8-13-27-45(7)38(33-47-30-26-37-20-16-24-40(45)42(37)47)22-11-10-12-25-41-44(5,6)39-23-15-19-36-21-17-29-48(41)43(36)39/h10-12,15-16,19-20,22-25,33-35H,8-9,13-14,17-18,21,26-27,29-32H2,1-7H3. The van der Waals surface area contributed by atoms with Gasteiger partial charge in [0.1, 0.15) is 0 Å². The number of para-hydroxylation sites is 2. The topological polar surface area (TPSA) is 52.0 Å². The van der Waals surface area contributed by atoms with Crippen molar-refractivity contribution in [2.24, 2.45) is 0 Å². The summed E-state index contributed by atoms with van der Waals surface area (Å²) in [7, 11) is -1.17. The first-order chi connectivity index (χ1) is 25.1. The lowest BCUT2D eigenvalue weighted by Gasteiger charge is -2.40. The van der Waals surface area contributed by atoms with E-state index in [-0.39, 0.29) is 10.8 Å². The maximum absolute atomic E-state index is 9.02. The lowest BCUT2D eigenvalue weighted by Crippen LogP contribution is -2.33.